The zero-order chi connectivity index (χ0) is 11.5. The smallest absolute Gasteiger partial charge is 0.332 e. The highest BCUT2D eigenvalue weighted by molar-refractivity contribution is 5.82. The lowest BCUT2D eigenvalue weighted by Crippen LogP contribution is -2.61. The van der Waals surface area contributed by atoms with E-state index >= 15 is 0 Å². The molecule has 15 heavy (non-hydrogen) atoms. The molecule has 0 aliphatic carbocycles. The molecule has 1 N–H and O–H groups in total. The number of carboxylic acids is 1. The zero-order valence-corrected chi connectivity index (χ0v) is 9.10. The summed E-state index contributed by atoms with van der Waals surface area (Å²) in [6, 6.07) is -0.139. The summed E-state index contributed by atoms with van der Waals surface area (Å²) in [7, 11) is 0. The summed E-state index contributed by atoms with van der Waals surface area (Å²) >= 11 is 0. The van der Waals surface area contributed by atoms with Gasteiger partial charge in [-0.1, -0.05) is 0 Å². The van der Waals surface area contributed by atoms with Crippen LogP contribution in [0.15, 0.2) is 0 Å². The minimum Gasteiger partial charge on any atom is -0.479 e. The molecule has 0 aromatic heterocycles. The van der Waals surface area contributed by atoms with Gasteiger partial charge in [0.25, 0.3) is 0 Å². The van der Waals surface area contributed by atoms with E-state index < -0.39 is 11.5 Å². The van der Waals surface area contributed by atoms with Gasteiger partial charge in [0.2, 0.25) is 6.41 Å². The van der Waals surface area contributed by atoms with E-state index in [0.717, 1.165) is 0 Å². The van der Waals surface area contributed by atoms with Crippen LogP contribution in [-0.4, -0.2) is 47.2 Å². The van der Waals surface area contributed by atoms with E-state index in [1.807, 2.05) is 0 Å². The zero-order valence-electron chi connectivity index (χ0n) is 9.10. The lowest BCUT2D eigenvalue weighted by atomic mass is 9.89. The summed E-state index contributed by atoms with van der Waals surface area (Å²) in [6.45, 7) is 4.25. The fourth-order valence-corrected chi connectivity index (χ4v) is 1.98. The monoisotopic (exact) mass is 215 g/mol. The molecule has 0 radical (unpaired) electrons. The standard InChI is InChI=1S/C10H17NO4/c1-8(2)11(7-12)10(9(13)14)4-3-5-15-6-10/h7-8H,3-6H2,1-2H3,(H,13,14). The minimum absolute atomic E-state index is 0.0826. The van der Waals surface area contributed by atoms with Crippen LogP contribution in [0.1, 0.15) is 26.7 Å². The van der Waals surface area contributed by atoms with Gasteiger partial charge in [0.05, 0.1) is 6.61 Å². The second kappa shape index (κ2) is 4.61. The Morgan fingerprint density at radius 3 is 2.60 bits per heavy atom. The number of nitrogens with zero attached hydrogens (tertiary/aromatic N) is 1. The van der Waals surface area contributed by atoms with Gasteiger partial charge in [0, 0.05) is 12.6 Å². The Labute approximate surface area is 89.0 Å². The molecule has 0 aromatic rings. The van der Waals surface area contributed by atoms with E-state index in [2.05, 4.69) is 0 Å². The lowest BCUT2D eigenvalue weighted by Gasteiger charge is -2.42. The molecule has 1 heterocycles. The first-order valence-corrected chi connectivity index (χ1v) is 5.09. The number of carbonyl (C=O) groups is 2. The molecule has 5 nitrogen and oxygen atoms in total. The molecule has 0 aromatic carbocycles. The molecule has 1 aliphatic heterocycles. The molecule has 86 valence electrons. The topological polar surface area (TPSA) is 66.8 Å². The van der Waals surface area contributed by atoms with Crippen molar-refractivity contribution >= 4 is 12.4 Å². The third kappa shape index (κ3) is 2.12. The van der Waals surface area contributed by atoms with Crippen LogP contribution in [0.4, 0.5) is 0 Å². The number of ether oxygens (including phenoxy) is 1. The van der Waals surface area contributed by atoms with E-state index in [0.29, 0.717) is 25.9 Å². The minimum atomic E-state index is -1.17. The molecule has 0 bridgehead atoms. The third-order valence-corrected chi connectivity index (χ3v) is 2.78. The first kappa shape index (κ1) is 12.0. The second-order valence-electron chi connectivity index (χ2n) is 4.10. The number of hydrogen-bond acceptors (Lipinski definition) is 3. The summed E-state index contributed by atoms with van der Waals surface area (Å²) in [5.74, 6) is -0.983. The average molecular weight is 215 g/mol. The van der Waals surface area contributed by atoms with Gasteiger partial charge in [-0.2, -0.15) is 0 Å². The summed E-state index contributed by atoms with van der Waals surface area (Å²) in [5.41, 5.74) is -1.17. The molecule has 5 heteroatoms. The van der Waals surface area contributed by atoms with Crippen LogP contribution in [-0.2, 0) is 14.3 Å². The van der Waals surface area contributed by atoms with Crippen molar-refractivity contribution in [1.82, 2.24) is 4.90 Å². The number of rotatable bonds is 4. The van der Waals surface area contributed by atoms with Gasteiger partial charge in [0.15, 0.2) is 5.54 Å². The largest absolute Gasteiger partial charge is 0.479 e. The van der Waals surface area contributed by atoms with Crippen LogP contribution in [0.3, 0.4) is 0 Å². The Morgan fingerprint density at radius 2 is 2.27 bits per heavy atom. The Bertz CT molecular complexity index is 246. The van der Waals surface area contributed by atoms with Crippen molar-refractivity contribution in [3.63, 3.8) is 0 Å². The van der Waals surface area contributed by atoms with Crippen LogP contribution in [0, 0.1) is 0 Å². The van der Waals surface area contributed by atoms with E-state index in [1.165, 1.54) is 4.90 Å². The van der Waals surface area contributed by atoms with E-state index in [9.17, 15) is 14.7 Å². The number of hydrogen-bond donors (Lipinski definition) is 1. The van der Waals surface area contributed by atoms with Crippen molar-refractivity contribution in [2.45, 2.75) is 38.3 Å². The van der Waals surface area contributed by atoms with Crippen molar-refractivity contribution in [3.8, 4) is 0 Å². The van der Waals surface area contributed by atoms with Crippen LogP contribution in [0.25, 0.3) is 0 Å². The van der Waals surface area contributed by atoms with Crippen LogP contribution in [0.5, 0.6) is 0 Å². The fraction of sp³-hybridized carbons (Fsp3) is 0.800. The summed E-state index contributed by atoms with van der Waals surface area (Å²) in [6.07, 6.45) is 1.73. The molecule has 1 fully saturated rings. The van der Waals surface area contributed by atoms with Crippen molar-refractivity contribution in [2.24, 2.45) is 0 Å². The number of aliphatic carboxylic acids is 1. The highest BCUT2D eigenvalue weighted by Crippen LogP contribution is 2.27. The van der Waals surface area contributed by atoms with Gasteiger partial charge in [0.1, 0.15) is 0 Å². The quantitative estimate of drug-likeness (QED) is 0.693. The van der Waals surface area contributed by atoms with E-state index in [4.69, 9.17) is 4.74 Å². The molecular formula is C10H17NO4. The molecule has 1 unspecified atom stereocenters. The Kier molecular flexibility index (Phi) is 3.68. The highest BCUT2D eigenvalue weighted by Gasteiger charge is 2.46. The van der Waals surface area contributed by atoms with Gasteiger partial charge < -0.3 is 14.7 Å². The van der Waals surface area contributed by atoms with Gasteiger partial charge >= 0.3 is 5.97 Å². The van der Waals surface area contributed by atoms with Crippen molar-refractivity contribution in [2.75, 3.05) is 13.2 Å². The normalized spacial score (nSPS) is 26.3. The van der Waals surface area contributed by atoms with Gasteiger partial charge in [-0.05, 0) is 26.7 Å². The van der Waals surface area contributed by atoms with E-state index in [1.54, 1.807) is 13.8 Å². The maximum atomic E-state index is 11.3. The van der Waals surface area contributed by atoms with Crippen LogP contribution >= 0.6 is 0 Å². The van der Waals surface area contributed by atoms with Gasteiger partial charge in [-0.25, -0.2) is 4.79 Å². The number of amides is 1. The Morgan fingerprint density at radius 1 is 1.60 bits per heavy atom. The summed E-state index contributed by atoms with van der Waals surface area (Å²) < 4.78 is 5.20. The molecule has 1 saturated heterocycles. The molecule has 1 atom stereocenters. The third-order valence-electron chi connectivity index (χ3n) is 2.78. The van der Waals surface area contributed by atoms with Gasteiger partial charge in [-0.3, -0.25) is 4.79 Å². The van der Waals surface area contributed by atoms with Gasteiger partial charge in [-0.15, -0.1) is 0 Å². The predicted molar refractivity (Wildman–Crippen MR) is 53.5 cm³/mol. The molecular weight excluding hydrogens is 198 g/mol. The predicted octanol–water partition coefficient (Wildman–Crippen LogP) is 0.487. The fourth-order valence-electron chi connectivity index (χ4n) is 1.98. The Hall–Kier alpha value is -1.10. The maximum Gasteiger partial charge on any atom is 0.332 e. The van der Waals surface area contributed by atoms with Crippen molar-refractivity contribution < 1.29 is 19.4 Å². The second-order valence-corrected chi connectivity index (χ2v) is 4.10. The maximum absolute atomic E-state index is 11.3. The average Bonchev–Trinajstić information content (AvgIpc) is 2.19. The van der Waals surface area contributed by atoms with Crippen LogP contribution in [0.2, 0.25) is 0 Å². The molecule has 1 amide bonds. The molecule has 1 aliphatic rings. The van der Waals surface area contributed by atoms with E-state index in [-0.39, 0.29) is 12.6 Å². The first-order chi connectivity index (χ1) is 7.04. The summed E-state index contributed by atoms with van der Waals surface area (Å²) in [4.78, 5) is 23.6. The van der Waals surface area contributed by atoms with Crippen molar-refractivity contribution in [3.05, 3.63) is 0 Å². The number of carbonyl (C=O) groups excluding carboxylic acids is 1. The molecule has 0 spiro atoms. The van der Waals surface area contributed by atoms with Crippen molar-refractivity contribution in [1.29, 1.82) is 0 Å². The molecule has 0 saturated carbocycles. The Balaban J connectivity index is 2.97. The first-order valence-electron chi connectivity index (χ1n) is 5.09. The lowest BCUT2D eigenvalue weighted by molar-refractivity contribution is -0.167. The molecule has 1 rings (SSSR count). The number of carboxylic acid groups (broad SMARTS) is 1. The SMILES string of the molecule is CC(C)N(C=O)C1(C(=O)O)CCCOC1. The van der Waals surface area contributed by atoms with Crippen LogP contribution < -0.4 is 0 Å². The highest BCUT2D eigenvalue weighted by atomic mass is 16.5. The summed E-state index contributed by atoms with van der Waals surface area (Å²) in [5, 5.41) is 9.26.